The SMILES string of the molecule is CCOC(=O)C(CC)=C1C(=O)NC2=CC=CCC21. The first kappa shape index (κ1) is 12.6. The predicted molar refractivity (Wildman–Crippen MR) is 67.4 cm³/mol. The number of esters is 1. The first-order valence-corrected chi connectivity index (χ1v) is 6.27. The molecule has 0 bridgehead atoms. The number of carbonyl (C=O) groups excluding carboxylic acids is 2. The first-order valence-electron chi connectivity index (χ1n) is 6.27. The third-order valence-corrected chi connectivity index (χ3v) is 3.21. The minimum atomic E-state index is -0.374. The van der Waals surface area contributed by atoms with Gasteiger partial charge in [0.2, 0.25) is 0 Å². The molecular weight excluding hydrogens is 230 g/mol. The zero-order valence-electron chi connectivity index (χ0n) is 10.7. The standard InChI is InChI=1S/C14H17NO3/c1-3-9(14(17)18-4-2)12-10-7-5-6-8-11(10)15-13(12)16/h5-6,8,10H,3-4,7H2,1-2H3,(H,15,16). The van der Waals surface area contributed by atoms with Gasteiger partial charge in [0.15, 0.2) is 0 Å². The van der Waals surface area contributed by atoms with Gasteiger partial charge in [-0.25, -0.2) is 4.79 Å². The zero-order valence-corrected chi connectivity index (χ0v) is 10.7. The molecule has 0 saturated carbocycles. The van der Waals surface area contributed by atoms with Gasteiger partial charge in [-0.3, -0.25) is 4.79 Å². The smallest absolute Gasteiger partial charge is 0.334 e. The number of rotatable bonds is 3. The van der Waals surface area contributed by atoms with Gasteiger partial charge in [0.05, 0.1) is 6.61 Å². The molecule has 18 heavy (non-hydrogen) atoms. The second-order valence-electron chi connectivity index (χ2n) is 4.26. The fourth-order valence-corrected chi connectivity index (χ4v) is 2.40. The van der Waals surface area contributed by atoms with Crippen LogP contribution in [0.2, 0.25) is 0 Å². The molecule has 1 fully saturated rings. The predicted octanol–water partition coefficient (Wildman–Crippen LogP) is 1.85. The Morgan fingerprint density at radius 3 is 2.94 bits per heavy atom. The maximum Gasteiger partial charge on any atom is 0.334 e. The van der Waals surface area contributed by atoms with Gasteiger partial charge in [0.25, 0.3) is 5.91 Å². The molecule has 0 aromatic carbocycles. The van der Waals surface area contributed by atoms with Crippen LogP contribution < -0.4 is 5.32 Å². The molecular formula is C14H17NO3. The van der Waals surface area contributed by atoms with Crippen LogP contribution in [0.4, 0.5) is 0 Å². The van der Waals surface area contributed by atoms with E-state index in [0.29, 0.717) is 24.2 Å². The van der Waals surface area contributed by atoms with E-state index < -0.39 is 0 Å². The van der Waals surface area contributed by atoms with E-state index in [9.17, 15) is 9.59 Å². The second kappa shape index (κ2) is 5.21. The molecule has 1 saturated heterocycles. The molecule has 1 N–H and O–H groups in total. The van der Waals surface area contributed by atoms with E-state index in [0.717, 1.165) is 12.1 Å². The Hall–Kier alpha value is -1.84. The molecule has 2 aliphatic rings. The average Bonchev–Trinajstić information content (AvgIpc) is 2.68. The maximum atomic E-state index is 12.0. The number of amides is 1. The molecule has 1 aliphatic carbocycles. The number of ether oxygens (including phenoxy) is 1. The largest absolute Gasteiger partial charge is 0.463 e. The topological polar surface area (TPSA) is 55.4 Å². The molecule has 1 amide bonds. The Morgan fingerprint density at radius 1 is 1.50 bits per heavy atom. The van der Waals surface area contributed by atoms with Crippen molar-refractivity contribution in [3.05, 3.63) is 35.1 Å². The lowest BCUT2D eigenvalue weighted by molar-refractivity contribution is -0.139. The lowest BCUT2D eigenvalue weighted by Crippen LogP contribution is -2.17. The fourth-order valence-electron chi connectivity index (χ4n) is 2.40. The van der Waals surface area contributed by atoms with Gasteiger partial charge >= 0.3 is 5.97 Å². The maximum absolute atomic E-state index is 12.0. The van der Waals surface area contributed by atoms with Gasteiger partial charge in [0, 0.05) is 22.8 Å². The highest BCUT2D eigenvalue weighted by Gasteiger charge is 2.36. The van der Waals surface area contributed by atoms with Crippen LogP contribution in [0.15, 0.2) is 35.1 Å². The van der Waals surface area contributed by atoms with E-state index in [1.165, 1.54) is 0 Å². The summed E-state index contributed by atoms with van der Waals surface area (Å²) in [4.78, 5) is 23.9. The molecule has 1 heterocycles. The van der Waals surface area contributed by atoms with E-state index >= 15 is 0 Å². The van der Waals surface area contributed by atoms with Crippen molar-refractivity contribution >= 4 is 11.9 Å². The Morgan fingerprint density at radius 2 is 2.28 bits per heavy atom. The van der Waals surface area contributed by atoms with Gasteiger partial charge in [0.1, 0.15) is 0 Å². The number of hydrogen-bond acceptors (Lipinski definition) is 3. The number of allylic oxidation sites excluding steroid dienone is 4. The third-order valence-electron chi connectivity index (χ3n) is 3.21. The average molecular weight is 247 g/mol. The van der Waals surface area contributed by atoms with Gasteiger partial charge < -0.3 is 10.1 Å². The Kier molecular flexibility index (Phi) is 3.65. The molecule has 1 unspecified atom stereocenters. The minimum Gasteiger partial charge on any atom is -0.463 e. The molecule has 96 valence electrons. The van der Waals surface area contributed by atoms with E-state index in [4.69, 9.17) is 4.74 Å². The minimum absolute atomic E-state index is 0.0122. The summed E-state index contributed by atoms with van der Waals surface area (Å²) >= 11 is 0. The van der Waals surface area contributed by atoms with Crippen LogP contribution in [-0.4, -0.2) is 18.5 Å². The molecule has 1 atom stereocenters. The van der Waals surface area contributed by atoms with Crippen molar-refractivity contribution in [1.29, 1.82) is 0 Å². The van der Waals surface area contributed by atoms with Crippen LogP contribution in [0.5, 0.6) is 0 Å². The van der Waals surface area contributed by atoms with Crippen LogP contribution >= 0.6 is 0 Å². The van der Waals surface area contributed by atoms with Crippen molar-refractivity contribution < 1.29 is 14.3 Å². The molecule has 2 rings (SSSR count). The van der Waals surface area contributed by atoms with Crippen molar-refractivity contribution in [2.75, 3.05) is 6.61 Å². The highest BCUT2D eigenvalue weighted by Crippen LogP contribution is 2.34. The Bertz CT molecular complexity index is 471. The molecule has 0 aromatic heterocycles. The highest BCUT2D eigenvalue weighted by molar-refractivity contribution is 6.06. The van der Waals surface area contributed by atoms with Gasteiger partial charge in [-0.15, -0.1) is 0 Å². The summed E-state index contributed by atoms with van der Waals surface area (Å²) in [6.45, 7) is 3.96. The monoisotopic (exact) mass is 247 g/mol. The van der Waals surface area contributed by atoms with Gasteiger partial charge in [-0.2, -0.15) is 0 Å². The van der Waals surface area contributed by atoms with Crippen LogP contribution in [0.1, 0.15) is 26.7 Å². The molecule has 4 heteroatoms. The molecule has 0 aromatic rings. The van der Waals surface area contributed by atoms with Crippen molar-refractivity contribution in [1.82, 2.24) is 5.32 Å². The quantitative estimate of drug-likeness (QED) is 0.611. The number of nitrogens with one attached hydrogen (secondary N) is 1. The number of carbonyl (C=O) groups is 2. The lowest BCUT2D eigenvalue weighted by atomic mass is 9.88. The van der Waals surface area contributed by atoms with Crippen LogP contribution in [0.25, 0.3) is 0 Å². The summed E-state index contributed by atoms with van der Waals surface area (Å²) in [5.41, 5.74) is 1.96. The summed E-state index contributed by atoms with van der Waals surface area (Å²) in [6, 6.07) is 0. The molecule has 1 aliphatic heterocycles. The van der Waals surface area contributed by atoms with Crippen molar-refractivity contribution in [3.63, 3.8) is 0 Å². The summed E-state index contributed by atoms with van der Waals surface area (Å²) in [7, 11) is 0. The Labute approximate surface area is 106 Å². The zero-order chi connectivity index (χ0) is 13.1. The fraction of sp³-hybridized carbons (Fsp3) is 0.429. The summed E-state index contributed by atoms with van der Waals surface area (Å²) < 4.78 is 5.02. The van der Waals surface area contributed by atoms with Crippen LogP contribution in [0.3, 0.4) is 0 Å². The van der Waals surface area contributed by atoms with E-state index in [1.807, 2.05) is 25.2 Å². The third kappa shape index (κ3) is 2.10. The van der Waals surface area contributed by atoms with E-state index in [2.05, 4.69) is 5.32 Å². The van der Waals surface area contributed by atoms with Crippen molar-refractivity contribution in [2.45, 2.75) is 26.7 Å². The molecule has 0 radical (unpaired) electrons. The molecule has 4 nitrogen and oxygen atoms in total. The normalized spacial score (nSPS) is 24.2. The van der Waals surface area contributed by atoms with Crippen LogP contribution in [-0.2, 0) is 14.3 Å². The van der Waals surface area contributed by atoms with E-state index in [1.54, 1.807) is 6.92 Å². The second-order valence-corrected chi connectivity index (χ2v) is 4.26. The van der Waals surface area contributed by atoms with Crippen molar-refractivity contribution in [2.24, 2.45) is 5.92 Å². The summed E-state index contributed by atoms with van der Waals surface area (Å²) in [5, 5.41) is 2.82. The number of fused-ring (bicyclic) bond motifs is 1. The number of hydrogen-bond donors (Lipinski definition) is 1. The van der Waals surface area contributed by atoms with Crippen molar-refractivity contribution in [3.8, 4) is 0 Å². The van der Waals surface area contributed by atoms with E-state index in [-0.39, 0.29) is 17.8 Å². The summed E-state index contributed by atoms with van der Waals surface area (Å²) in [5.74, 6) is -0.553. The summed E-state index contributed by atoms with van der Waals surface area (Å²) in [6.07, 6.45) is 7.08. The lowest BCUT2D eigenvalue weighted by Gasteiger charge is -2.15. The van der Waals surface area contributed by atoms with Gasteiger partial charge in [-0.1, -0.05) is 19.1 Å². The van der Waals surface area contributed by atoms with Crippen LogP contribution in [0, 0.1) is 5.92 Å². The molecule has 0 spiro atoms. The van der Waals surface area contributed by atoms with Gasteiger partial charge in [-0.05, 0) is 25.8 Å². The highest BCUT2D eigenvalue weighted by atomic mass is 16.5. The first-order chi connectivity index (χ1) is 8.69. The Balaban J connectivity index is 2.40.